The smallest absolute Gasteiger partial charge is 0.257 e. The molecule has 0 radical (unpaired) electrons. The highest BCUT2D eigenvalue weighted by atomic mass is 16.5. The summed E-state index contributed by atoms with van der Waals surface area (Å²) in [5.74, 6) is 0.710. The van der Waals surface area contributed by atoms with E-state index in [9.17, 15) is 4.79 Å². The van der Waals surface area contributed by atoms with Crippen molar-refractivity contribution in [3.63, 3.8) is 0 Å². The molecule has 24 heavy (non-hydrogen) atoms. The highest BCUT2D eigenvalue weighted by molar-refractivity contribution is 5.77. The van der Waals surface area contributed by atoms with Crippen LogP contribution in [-0.2, 0) is 17.6 Å². The predicted molar refractivity (Wildman–Crippen MR) is 91.3 cm³/mol. The quantitative estimate of drug-likeness (QED) is 0.758. The molecule has 3 rings (SSSR count). The van der Waals surface area contributed by atoms with Gasteiger partial charge in [-0.1, -0.05) is 53.2 Å². The first-order valence-corrected chi connectivity index (χ1v) is 7.91. The Balaban J connectivity index is 1.48. The molecule has 2 aromatic carbocycles. The van der Waals surface area contributed by atoms with Crippen molar-refractivity contribution in [1.29, 1.82) is 0 Å². The zero-order valence-electron chi connectivity index (χ0n) is 13.5. The molecule has 0 aliphatic carbocycles. The lowest BCUT2D eigenvalue weighted by Gasteiger charge is -2.04. The van der Waals surface area contributed by atoms with Gasteiger partial charge in [-0.25, -0.2) is 0 Å². The van der Waals surface area contributed by atoms with Gasteiger partial charge in [0.15, 0.2) is 5.82 Å². The van der Waals surface area contributed by atoms with Gasteiger partial charge < -0.3 is 9.84 Å². The fraction of sp³-hybridized carbons (Fsp3) is 0.211. The molecular weight excluding hydrogens is 302 g/mol. The average molecular weight is 321 g/mol. The molecule has 5 heteroatoms. The van der Waals surface area contributed by atoms with Gasteiger partial charge in [0.1, 0.15) is 0 Å². The number of nitrogens with zero attached hydrogens (tertiary/aromatic N) is 2. The lowest BCUT2D eigenvalue weighted by Crippen LogP contribution is -2.27. The number of nitrogens with one attached hydrogen (secondary N) is 1. The topological polar surface area (TPSA) is 68.0 Å². The van der Waals surface area contributed by atoms with E-state index in [1.165, 1.54) is 11.1 Å². The zero-order chi connectivity index (χ0) is 16.8. The largest absolute Gasteiger partial charge is 0.355 e. The highest BCUT2D eigenvalue weighted by Crippen LogP contribution is 2.16. The number of hydrogen-bond acceptors (Lipinski definition) is 4. The number of aryl methyl sites for hydroxylation is 1. The van der Waals surface area contributed by atoms with E-state index in [2.05, 4.69) is 46.6 Å². The van der Waals surface area contributed by atoms with E-state index in [-0.39, 0.29) is 12.3 Å². The van der Waals surface area contributed by atoms with Gasteiger partial charge in [0.25, 0.3) is 5.89 Å². The maximum Gasteiger partial charge on any atom is 0.257 e. The van der Waals surface area contributed by atoms with Gasteiger partial charge in [-0.05, 0) is 31.0 Å². The minimum atomic E-state index is -0.109. The van der Waals surface area contributed by atoms with Crippen LogP contribution in [-0.4, -0.2) is 22.6 Å². The summed E-state index contributed by atoms with van der Waals surface area (Å²) in [6.45, 7) is 2.64. The van der Waals surface area contributed by atoms with Gasteiger partial charge >= 0.3 is 0 Å². The van der Waals surface area contributed by atoms with Crippen LogP contribution in [0, 0.1) is 6.92 Å². The first kappa shape index (κ1) is 15.9. The first-order valence-electron chi connectivity index (χ1n) is 7.91. The van der Waals surface area contributed by atoms with E-state index in [1.807, 2.05) is 30.3 Å². The second-order valence-corrected chi connectivity index (χ2v) is 5.64. The molecule has 0 unspecified atom stereocenters. The Morgan fingerprint density at radius 2 is 1.83 bits per heavy atom. The van der Waals surface area contributed by atoms with E-state index in [0.717, 1.165) is 12.0 Å². The standard InChI is InChI=1S/C19H19N3O2/c1-14-7-9-15(10-8-14)11-12-20-18(23)13-17-21-19(24-22-17)16-5-3-2-4-6-16/h2-10H,11-13H2,1H3,(H,20,23). The summed E-state index contributed by atoms with van der Waals surface area (Å²) in [6, 6.07) is 17.8. The minimum Gasteiger partial charge on any atom is -0.355 e. The van der Waals surface area contributed by atoms with E-state index in [4.69, 9.17) is 4.52 Å². The first-order chi connectivity index (χ1) is 11.7. The average Bonchev–Trinajstić information content (AvgIpc) is 3.06. The van der Waals surface area contributed by atoms with Crippen molar-refractivity contribution in [2.75, 3.05) is 6.54 Å². The Hall–Kier alpha value is -2.95. The third-order valence-electron chi connectivity index (χ3n) is 3.66. The molecule has 1 N–H and O–H groups in total. The van der Waals surface area contributed by atoms with Gasteiger partial charge in [0.2, 0.25) is 5.91 Å². The van der Waals surface area contributed by atoms with Crippen LogP contribution < -0.4 is 5.32 Å². The molecule has 1 heterocycles. The molecule has 0 atom stereocenters. The Labute approximate surface area is 140 Å². The normalized spacial score (nSPS) is 10.5. The van der Waals surface area contributed by atoms with Crippen molar-refractivity contribution in [3.8, 4) is 11.5 Å². The molecule has 0 spiro atoms. The Bertz CT molecular complexity index is 795. The number of rotatable bonds is 6. The maximum absolute atomic E-state index is 12.0. The molecule has 1 amide bonds. The number of amides is 1. The van der Waals surface area contributed by atoms with E-state index >= 15 is 0 Å². The van der Waals surface area contributed by atoms with E-state index in [0.29, 0.717) is 18.3 Å². The molecule has 0 aliphatic heterocycles. The van der Waals surface area contributed by atoms with Crippen molar-refractivity contribution in [2.45, 2.75) is 19.8 Å². The van der Waals surface area contributed by atoms with Crippen LogP contribution in [0.15, 0.2) is 59.1 Å². The van der Waals surface area contributed by atoms with Gasteiger partial charge in [-0.2, -0.15) is 4.98 Å². The summed E-state index contributed by atoms with van der Waals surface area (Å²) >= 11 is 0. The minimum absolute atomic E-state index is 0.109. The molecule has 0 saturated carbocycles. The van der Waals surface area contributed by atoms with Gasteiger partial charge in [-0.15, -0.1) is 0 Å². The maximum atomic E-state index is 12.0. The van der Waals surface area contributed by atoms with Crippen LogP contribution in [0.1, 0.15) is 17.0 Å². The van der Waals surface area contributed by atoms with Crippen molar-refractivity contribution >= 4 is 5.91 Å². The number of benzene rings is 2. The number of carbonyl (C=O) groups excluding carboxylic acids is 1. The fourth-order valence-corrected chi connectivity index (χ4v) is 2.33. The van der Waals surface area contributed by atoms with Crippen molar-refractivity contribution in [2.24, 2.45) is 0 Å². The molecule has 1 aromatic heterocycles. The second-order valence-electron chi connectivity index (χ2n) is 5.64. The fourth-order valence-electron chi connectivity index (χ4n) is 2.33. The van der Waals surface area contributed by atoms with Crippen LogP contribution >= 0.6 is 0 Å². The summed E-state index contributed by atoms with van der Waals surface area (Å²) < 4.78 is 5.20. The highest BCUT2D eigenvalue weighted by Gasteiger charge is 2.11. The van der Waals surface area contributed by atoms with E-state index < -0.39 is 0 Å². The molecule has 0 fully saturated rings. The summed E-state index contributed by atoms with van der Waals surface area (Å²) in [4.78, 5) is 16.2. The number of hydrogen-bond donors (Lipinski definition) is 1. The predicted octanol–water partition coefficient (Wildman–Crippen LogP) is 2.95. The third-order valence-corrected chi connectivity index (χ3v) is 3.66. The third kappa shape index (κ3) is 4.29. The summed E-state index contributed by atoms with van der Waals surface area (Å²) in [5.41, 5.74) is 3.27. The molecule has 122 valence electrons. The van der Waals surface area contributed by atoms with Crippen molar-refractivity contribution < 1.29 is 9.32 Å². The van der Waals surface area contributed by atoms with E-state index in [1.54, 1.807) is 0 Å². The Morgan fingerprint density at radius 1 is 1.08 bits per heavy atom. The molecular formula is C19H19N3O2. The van der Waals surface area contributed by atoms with Crippen LogP contribution in [0.5, 0.6) is 0 Å². The zero-order valence-corrected chi connectivity index (χ0v) is 13.5. The molecule has 5 nitrogen and oxygen atoms in total. The lowest BCUT2D eigenvalue weighted by atomic mass is 10.1. The Morgan fingerprint density at radius 3 is 2.58 bits per heavy atom. The van der Waals surface area contributed by atoms with Crippen molar-refractivity contribution in [3.05, 3.63) is 71.5 Å². The molecule has 0 aliphatic rings. The van der Waals surface area contributed by atoms with Gasteiger partial charge in [0, 0.05) is 12.1 Å². The SMILES string of the molecule is Cc1ccc(CCNC(=O)Cc2noc(-c3ccccc3)n2)cc1. The van der Waals surface area contributed by atoms with Gasteiger partial charge in [-0.3, -0.25) is 4.79 Å². The van der Waals surface area contributed by atoms with Crippen LogP contribution in [0.4, 0.5) is 0 Å². The van der Waals surface area contributed by atoms with Gasteiger partial charge in [0.05, 0.1) is 6.42 Å². The number of aromatic nitrogens is 2. The van der Waals surface area contributed by atoms with Crippen LogP contribution in [0.3, 0.4) is 0 Å². The Kier molecular flexibility index (Phi) is 5.01. The molecule has 0 bridgehead atoms. The number of carbonyl (C=O) groups is 1. The molecule has 3 aromatic rings. The second kappa shape index (κ2) is 7.55. The molecule has 0 saturated heterocycles. The van der Waals surface area contributed by atoms with Crippen LogP contribution in [0.2, 0.25) is 0 Å². The summed E-state index contributed by atoms with van der Waals surface area (Å²) in [5, 5.41) is 6.74. The van der Waals surface area contributed by atoms with Crippen molar-refractivity contribution in [1.82, 2.24) is 15.5 Å². The lowest BCUT2D eigenvalue weighted by molar-refractivity contribution is -0.120. The summed E-state index contributed by atoms with van der Waals surface area (Å²) in [6.07, 6.45) is 0.914. The monoisotopic (exact) mass is 321 g/mol. The summed E-state index contributed by atoms with van der Waals surface area (Å²) in [7, 11) is 0. The van der Waals surface area contributed by atoms with Crippen LogP contribution in [0.25, 0.3) is 11.5 Å².